The van der Waals surface area contributed by atoms with Crippen LogP contribution < -0.4 is 5.32 Å². The van der Waals surface area contributed by atoms with E-state index in [1.165, 1.54) is 0 Å². The Labute approximate surface area is 163 Å². The van der Waals surface area contributed by atoms with Gasteiger partial charge < -0.3 is 20.0 Å². The van der Waals surface area contributed by atoms with Crippen LogP contribution in [-0.2, 0) is 9.63 Å². The maximum absolute atomic E-state index is 12.7. The number of hydrogen-bond acceptors (Lipinski definition) is 4. The third-order valence-corrected chi connectivity index (χ3v) is 5.61. The summed E-state index contributed by atoms with van der Waals surface area (Å²) >= 11 is 5.96. The molecule has 1 N–H and O–H groups in total. The lowest BCUT2D eigenvalue weighted by molar-refractivity contribution is -0.110. The molecule has 1 aromatic rings. The zero-order valence-corrected chi connectivity index (χ0v) is 15.9. The summed E-state index contributed by atoms with van der Waals surface area (Å²) in [5.41, 5.74) is 0.380. The highest BCUT2D eigenvalue weighted by Gasteiger charge is 2.46. The van der Waals surface area contributed by atoms with Crippen LogP contribution in [0.1, 0.15) is 32.1 Å². The average molecular weight is 391 g/mol. The summed E-state index contributed by atoms with van der Waals surface area (Å²) in [5.74, 6) is -0.294. The molecule has 1 spiro atoms. The Hall–Kier alpha value is -2.28. The molecule has 3 aliphatic heterocycles. The molecule has 1 atom stereocenters. The number of likely N-dealkylation sites (tertiary alicyclic amines) is 2. The molecule has 3 heterocycles. The maximum atomic E-state index is 12.7. The third kappa shape index (κ3) is 3.88. The number of halogens is 1. The first-order chi connectivity index (χ1) is 13.0. The van der Waals surface area contributed by atoms with Crippen molar-refractivity contribution >= 4 is 34.9 Å². The Morgan fingerprint density at radius 1 is 1.15 bits per heavy atom. The van der Waals surface area contributed by atoms with Crippen LogP contribution >= 0.6 is 11.6 Å². The molecule has 2 saturated heterocycles. The molecule has 4 rings (SSSR count). The van der Waals surface area contributed by atoms with Crippen LogP contribution in [0.15, 0.2) is 29.4 Å². The number of anilines is 1. The van der Waals surface area contributed by atoms with Crippen LogP contribution in [0.25, 0.3) is 0 Å². The zero-order valence-electron chi connectivity index (χ0n) is 15.1. The van der Waals surface area contributed by atoms with Crippen molar-refractivity contribution in [3.63, 3.8) is 0 Å². The summed E-state index contributed by atoms with van der Waals surface area (Å²) in [6, 6.07) is 7.05. The standard InChI is InChI=1S/C19H23ClN4O3/c20-14-5-3-6-15(11-14)21-17(25)16-12-19(27-22-16)7-4-10-24(13-19)18(26)23-8-1-2-9-23/h3,5-6,11H,1-2,4,7-10,12-13H2,(H,21,25). The lowest BCUT2D eigenvalue weighted by atomic mass is 9.88. The zero-order chi connectivity index (χ0) is 18.9. The first kappa shape index (κ1) is 18.1. The van der Waals surface area contributed by atoms with Gasteiger partial charge in [-0.3, -0.25) is 4.79 Å². The van der Waals surface area contributed by atoms with Crippen LogP contribution in [0.5, 0.6) is 0 Å². The van der Waals surface area contributed by atoms with E-state index in [0.717, 1.165) is 45.3 Å². The van der Waals surface area contributed by atoms with Crippen LogP contribution in [-0.4, -0.2) is 59.2 Å². The van der Waals surface area contributed by atoms with E-state index in [2.05, 4.69) is 10.5 Å². The van der Waals surface area contributed by atoms with Crippen molar-refractivity contribution in [3.8, 4) is 0 Å². The fourth-order valence-corrected chi connectivity index (χ4v) is 4.19. The van der Waals surface area contributed by atoms with Gasteiger partial charge in [-0.05, 0) is 43.9 Å². The molecule has 3 aliphatic rings. The number of urea groups is 1. The Kier molecular flexibility index (Phi) is 4.95. The number of carbonyl (C=O) groups excluding carboxylic acids is 2. The van der Waals surface area contributed by atoms with E-state index < -0.39 is 5.60 Å². The van der Waals surface area contributed by atoms with E-state index in [0.29, 0.717) is 29.4 Å². The van der Waals surface area contributed by atoms with Gasteiger partial charge in [0.15, 0.2) is 5.60 Å². The molecule has 1 unspecified atom stereocenters. The summed E-state index contributed by atoms with van der Waals surface area (Å²) in [6.45, 7) is 2.85. The highest BCUT2D eigenvalue weighted by Crippen LogP contribution is 2.34. The smallest absolute Gasteiger partial charge is 0.320 e. The number of piperidine rings is 1. The fraction of sp³-hybridized carbons (Fsp3) is 0.526. The molecule has 144 valence electrons. The highest BCUT2D eigenvalue weighted by atomic mass is 35.5. The van der Waals surface area contributed by atoms with Crippen molar-refractivity contribution in [2.24, 2.45) is 5.16 Å². The molecule has 0 aromatic heterocycles. The summed E-state index contributed by atoms with van der Waals surface area (Å²) in [5, 5.41) is 7.40. The van der Waals surface area contributed by atoms with E-state index in [1.54, 1.807) is 24.3 Å². The van der Waals surface area contributed by atoms with Crippen molar-refractivity contribution in [1.29, 1.82) is 0 Å². The quantitative estimate of drug-likeness (QED) is 0.843. The number of nitrogens with zero attached hydrogens (tertiary/aromatic N) is 3. The minimum atomic E-state index is -0.589. The lowest BCUT2D eigenvalue weighted by Gasteiger charge is -2.39. The van der Waals surface area contributed by atoms with Crippen LogP contribution in [0.2, 0.25) is 5.02 Å². The van der Waals surface area contributed by atoms with Crippen molar-refractivity contribution in [1.82, 2.24) is 9.80 Å². The van der Waals surface area contributed by atoms with Gasteiger partial charge in [-0.1, -0.05) is 22.8 Å². The lowest BCUT2D eigenvalue weighted by Crippen LogP contribution is -2.53. The van der Waals surface area contributed by atoms with E-state index in [9.17, 15) is 9.59 Å². The van der Waals surface area contributed by atoms with Crippen LogP contribution in [0, 0.1) is 0 Å². The SMILES string of the molecule is O=C(Nc1cccc(Cl)c1)C1=NOC2(CCCN(C(=O)N3CCCC3)C2)C1. The van der Waals surface area contributed by atoms with Crippen molar-refractivity contribution in [2.45, 2.75) is 37.7 Å². The first-order valence-electron chi connectivity index (χ1n) is 9.41. The van der Waals surface area contributed by atoms with Gasteiger partial charge in [-0.25, -0.2) is 4.79 Å². The van der Waals surface area contributed by atoms with Gasteiger partial charge in [0.1, 0.15) is 5.71 Å². The molecule has 3 amide bonds. The topological polar surface area (TPSA) is 74.2 Å². The van der Waals surface area contributed by atoms with Gasteiger partial charge >= 0.3 is 6.03 Å². The van der Waals surface area contributed by atoms with Gasteiger partial charge in [0.2, 0.25) is 0 Å². The molecular formula is C19H23ClN4O3. The summed E-state index contributed by atoms with van der Waals surface area (Å²) in [7, 11) is 0. The maximum Gasteiger partial charge on any atom is 0.320 e. The van der Waals surface area contributed by atoms with Crippen LogP contribution in [0.4, 0.5) is 10.5 Å². The normalized spacial score (nSPS) is 24.7. The largest absolute Gasteiger partial charge is 0.386 e. The monoisotopic (exact) mass is 390 g/mol. The van der Waals surface area contributed by atoms with E-state index in [4.69, 9.17) is 16.4 Å². The summed E-state index contributed by atoms with van der Waals surface area (Å²) in [6.07, 6.45) is 4.17. The Morgan fingerprint density at radius 2 is 1.93 bits per heavy atom. The first-order valence-corrected chi connectivity index (χ1v) is 9.78. The molecule has 2 fully saturated rings. The third-order valence-electron chi connectivity index (χ3n) is 5.37. The predicted octanol–water partition coefficient (Wildman–Crippen LogP) is 3.11. The Balaban J connectivity index is 1.38. The molecule has 8 heteroatoms. The number of amides is 3. The predicted molar refractivity (Wildman–Crippen MR) is 103 cm³/mol. The van der Waals surface area contributed by atoms with E-state index in [1.807, 2.05) is 9.80 Å². The Morgan fingerprint density at radius 3 is 2.70 bits per heavy atom. The molecule has 27 heavy (non-hydrogen) atoms. The summed E-state index contributed by atoms with van der Waals surface area (Å²) in [4.78, 5) is 34.7. The van der Waals surface area contributed by atoms with Gasteiger partial charge in [0, 0.05) is 36.8 Å². The number of hydrogen-bond donors (Lipinski definition) is 1. The van der Waals surface area contributed by atoms with E-state index >= 15 is 0 Å². The average Bonchev–Trinajstić information content (AvgIpc) is 3.32. The number of oxime groups is 1. The second kappa shape index (κ2) is 7.38. The molecule has 0 saturated carbocycles. The summed E-state index contributed by atoms with van der Waals surface area (Å²) < 4.78 is 0. The van der Waals surface area contributed by atoms with Crippen LogP contribution in [0.3, 0.4) is 0 Å². The second-order valence-corrected chi connectivity index (χ2v) is 7.89. The van der Waals surface area contributed by atoms with Crippen molar-refractivity contribution < 1.29 is 14.4 Å². The molecule has 7 nitrogen and oxygen atoms in total. The number of rotatable bonds is 2. The number of benzene rings is 1. The minimum Gasteiger partial charge on any atom is -0.386 e. The molecule has 0 radical (unpaired) electrons. The van der Waals surface area contributed by atoms with Gasteiger partial charge in [-0.2, -0.15) is 0 Å². The molecule has 0 bridgehead atoms. The highest BCUT2D eigenvalue weighted by molar-refractivity contribution is 6.43. The second-order valence-electron chi connectivity index (χ2n) is 7.46. The number of nitrogens with one attached hydrogen (secondary N) is 1. The molecule has 1 aromatic carbocycles. The Bertz CT molecular complexity index is 778. The van der Waals surface area contributed by atoms with Gasteiger partial charge in [0.05, 0.1) is 6.54 Å². The molecule has 0 aliphatic carbocycles. The van der Waals surface area contributed by atoms with Crippen molar-refractivity contribution in [3.05, 3.63) is 29.3 Å². The molecular weight excluding hydrogens is 368 g/mol. The minimum absolute atomic E-state index is 0.0759. The fourth-order valence-electron chi connectivity index (χ4n) is 4.00. The van der Waals surface area contributed by atoms with Crippen molar-refractivity contribution in [2.75, 3.05) is 31.5 Å². The van der Waals surface area contributed by atoms with Gasteiger partial charge in [0.25, 0.3) is 5.91 Å². The van der Waals surface area contributed by atoms with Gasteiger partial charge in [-0.15, -0.1) is 0 Å². The van der Waals surface area contributed by atoms with E-state index in [-0.39, 0.29) is 11.9 Å². The number of carbonyl (C=O) groups is 2.